The van der Waals surface area contributed by atoms with E-state index in [9.17, 15) is 4.79 Å². The number of aromatic nitrogens is 2. The lowest BCUT2D eigenvalue weighted by atomic mass is 9.77. The largest absolute Gasteiger partial charge is 0.496 e. The van der Waals surface area contributed by atoms with Gasteiger partial charge in [-0.1, -0.05) is 29.8 Å². The maximum Gasteiger partial charge on any atom is 0.257 e. The average molecular weight is 439 g/mol. The molecule has 2 aliphatic rings. The van der Waals surface area contributed by atoms with Crippen LogP contribution in [0.1, 0.15) is 28.7 Å². The van der Waals surface area contributed by atoms with Gasteiger partial charge in [0, 0.05) is 35.6 Å². The second kappa shape index (κ2) is 7.66. The molecule has 3 heterocycles. The van der Waals surface area contributed by atoms with Gasteiger partial charge in [0.05, 0.1) is 18.7 Å². The van der Waals surface area contributed by atoms with Gasteiger partial charge in [-0.15, -0.1) is 10.2 Å². The second-order valence-corrected chi connectivity index (χ2v) is 8.89. The quantitative estimate of drug-likeness (QED) is 0.614. The van der Waals surface area contributed by atoms with Crippen molar-refractivity contribution in [1.29, 1.82) is 0 Å². The molecule has 1 unspecified atom stereocenters. The highest BCUT2D eigenvalue weighted by molar-refractivity contribution is 6.31. The monoisotopic (exact) mass is 438 g/mol. The van der Waals surface area contributed by atoms with Crippen LogP contribution in [0, 0.1) is 5.41 Å². The van der Waals surface area contributed by atoms with E-state index >= 15 is 0 Å². The van der Waals surface area contributed by atoms with Crippen molar-refractivity contribution in [3.8, 4) is 17.2 Å². The highest BCUT2D eigenvalue weighted by Gasteiger charge is 2.53. The zero-order valence-corrected chi connectivity index (χ0v) is 18.2. The smallest absolute Gasteiger partial charge is 0.257 e. The van der Waals surface area contributed by atoms with Gasteiger partial charge in [-0.25, -0.2) is 0 Å². The number of likely N-dealkylation sites (tertiary alicyclic amines) is 2. The molecule has 2 aliphatic heterocycles. The Kier molecular flexibility index (Phi) is 4.95. The summed E-state index contributed by atoms with van der Waals surface area (Å²) in [5, 5.41) is 9.07. The number of rotatable bonds is 4. The SMILES string of the molecule is COc1ccc(Cl)cc1C(=O)N1CC2(CC(c3nnc(-c4ccccc4)o3)N(C)C2)C1. The normalized spacial score (nSPS) is 20.1. The maximum absolute atomic E-state index is 13.0. The van der Waals surface area contributed by atoms with Gasteiger partial charge in [0.1, 0.15) is 5.75 Å². The summed E-state index contributed by atoms with van der Waals surface area (Å²) in [5.41, 5.74) is 1.44. The van der Waals surface area contributed by atoms with Gasteiger partial charge >= 0.3 is 0 Å². The van der Waals surface area contributed by atoms with Crippen LogP contribution in [0.25, 0.3) is 11.5 Å². The number of benzene rings is 2. The zero-order chi connectivity index (χ0) is 21.6. The molecule has 1 atom stereocenters. The minimum Gasteiger partial charge on any atom is -0.496 e. The van der Waals surface area contributed by atoms with Gasteiger partial charge in [0.15, 0.2) is 0 Å². The molecule has 31 heavy (non-hydrogen) atoms. The van der Waals surface area contributed by atoms with Crippen molar-refractivity contribution >= 4 is 17.5 Å². The third-order valence-electron chi connectivity index (χ3n) is 6.22. The molecule has 1 aromatic heterocycles. The number of ether oxygens (including phenoxy) is 1. The standard InChI is InChI=1S/C23H23ClN4O3/c1-27-12-23(11-18(27)21-26-25-20(31-21)15-6-4-3-5-7-15)13-28(14-23)22(29)17-10-16(24)8-9-19(17)30-2/h3-10,18H,11-14H2,1-2H3. The molecule has 160 valence electrons. The Bertz CT molecular complexity index is 1110. The van der Waals surface area contributed by atoms with Crippen LogP contribution in [0.5, 0.6) is 5.75 Å². The number of carbonyl (C=O) groups is 1. The summed E-state index contributed by atoms with van der Waals surface area (Å²) in [6.07, 6.45) is 0.871. The lowest BCUT2D eigenvalue weighted by Crippen LogP contribution is -2.59. The highest BCUT2D eigenvalue weighted by Crippen LogP contribution is 2.48. The predicted molar refractivity (Wildman–Crippen MR) is 116 cm³/mol. The van der Waals surface area contributed by atoms with E-state index in [1.54, 1.807) is 25.3 Å². The fourth-order valence-corrected chi connectivity index (χ4v) is 4.94. The number of amides is 1. The highest BCUT2D eigenvalue weighted by atomic mass is 35.5. The summed E-state index contributed by atoms with van der Waals surface area (Å²) in [4.78, 5) is 17.1. The van der Waals surface area contributed by atoms with E-state index in [4.69, 9.17) is 20.8 Å². The number of hydrogen-bond acceptors (Lipinski definition) is 6. The minimum atomic E-state index is -0.0553. The second-order valence-electron chi connectivity index (χ2n) is 8.45. The molecule has 2 saturated heterocycles. The summed E-state index contributed by atoms with van der Waals surface area (Å²) < 4.78 is 11.3. The van der Waals surface area contributed by atoms with Crippen molar-refractivity contribution in [2.75, 3.05) is 33.8 Å². The van der Waals surface area contributed by atoms with Crippen molar-refractivity contribution in [1.82, 2.24) is 20.0 Å². The molecular formula is C23H23ClN4O3. The van der Waals surface area contributed by atoms with Crippen LogP contribution < -0.4 is 4.74 Å². The summed E-state index contributed by atoms with van der Waals surface area (Å²) in [6, 6.07) is 14.9. The van der Waals surface area contributed by atoms with Crippen LogP contribution in [0.2, 0.25) is 5.02 Å². The number of carbonyl (C=O) groups excluding carboxylic acids is 1. The predicted octanol–water partition coefficient (Wildman–Crippen LogP) is 3.92. The third-order valence-corrected chi connectivity index (χ3v) is 6.46. The zero-order valence-electron chi connectivity index (χ0n) is 17.4. The number of halogens is 1. The van der Waals surface area contributed by atoms with E-state index in [1.807, 2.05) is 35.2 Å². The van der Waals surface area contributed by atoms with E-state index < -0.39 is 0 Å². The van der Waals surface area contributed by atoms with E-state index in [1.165, 1.54) is 0 Å². The first-order valence-corrected chi connectivity index (χ1v) is 10.6. The van der Waals surface area contributed by atoms with Gasteiger partial charge in [-0.2, -0.15) is 0 Å². The van der Waals surface area contributed by atoms with Crippen LogP contribution in [-0.2, 0) is 0 Å². The maximum atomic E-state index is 13.0. The molecule has 8 heteroatoms. The molecule has 2 fully saturated rings. The van der Waals surface area contributed by atoms with Crippen LogP contribution in [-0.4, -0.2) is 59.7 Å². The van der Waals surface area contributed by atoms with E-state index in [0.717, 1.165) is 18.5 Å². The lowest BCUT2D eigenvalue weighted by Gasteiger charge is -2.48. The first-order chi connectivity index (χ1) is 15.0. The molecule has 0 radical (unpaired) electrons. The molecule has 3 aromatic rings. The van der Waals surface area contributed by atoms with E-state index in [-0.39, 0.29) is 17.4 Å². The van der Waals surface area contributed by atoms with Crippen molar-refractivity contribution in [3.63, 3.8) is 0 Å². The Labute approximate surface area is 185 Å². The van der Waals surface area contributed by atoms with Crippen molar-refractivity contribution in [2.45, 2.75) is 12.5 Å². The van der Waals surface area contributed by atoms with Crippen LogP contribution in [0.15, 0.2) is 52.9 Å². The molecular weight excluding hydrogens is 416 g/mol. The summed E-state index contributed by atoms with van der Waals surface area (Å²) in [6.45, 7) is 2.24. The fraction of sp³-hybridized carbons (Fsp3) is 0.348. The van der Waals surface area contributed by atoms with Gasteiger partial charge < -0.3 is 14.1 Å². The number of methoxy groups -OCH3 is 1. The number of hydrogen-bond donors (Lipinski definition) is 0. The summed E-state index contributed by atoms with van der Waals surface area (Å²) >= 11 is 6.10. The Morgan fingerprint density at radius 3 is 2.68 bits per heavy atom. The van der Waals surface area contributed by atoms with Crippen molar-refractivity contribution in [2.24, 2.45) is 5.41 Å². The first kappa shape index (κ1) is 20.0. The van der Waals surface area contributed by atoms with Crippen LogP contribution in [0.3, 0.4) is 0 Å². The van der Waals surface area contributed by atoms with Crippen LogP contribution in [0.4, 0.5) is 0 Å². The van der Waals surface area contributed by atoms with Gasteiger partial charge in [-0.3, -0.25) is 9.69 Å². The Hall–Kier alpha value is -2.90. The molecule has 0 bridgehead atoms. The average Bonchev–Trinajstić information content (AvgIpc) is 3.37. The summed E-state index contributed by atoms with van der Waals surface area (Å²) in [7, 11) is 3.62. The molecule has 0 saturated carbocycles. The Morgan fingerprint density at radius 2 is 1.94 bits per heavy atom. The fourth-order valence-electron chi connectivity index (χ4n) is 4.77. The Morgan fingerprint density at radius 1 is 1.16 bits per heavy atom. The number of nitrogens with zero attached hydrogens (tertiary/aromatic N) is 4. The molecule has 0 aliphatic carbocycles. The first-order valence-electron chi connectivity index (χ1n) is 10.2. The molecule has 1 amide bonds. The van der Waals surface area contributed by atoms with E-state index in [0.29, 0.717) is 41.2 Å². The third kappa shape index (κ3) is 3.58. The summed E-state index contributed by atoms with van der Waals surface area (Å²) in [5.74, 6) is 1.64. The van der Waals surface area contributed by atoms with E-state index in [2.05, 4.69) is 22.1 Å². The molecule has 7 nitrogen and oxygen atoms in total. The van der Waals surface area contributed by atoms with Crippen molar-refractivity contribution in [3.05, 3.63) is 65.0 Å². The Balaban J connectivity index is 1.29. The molecule has 2 aromatic carbocycles. The lowest BCUT2D eigenvalue weighted by molar-refractivity contribution is 0.0112. The van der Waals surface area contributed by atoms with Gasteiger partial charge in [0.25, 0.3) is 5.91 Å². The van der Waals surface area contributed by atoms with Crippen LogP contribution >= 0.6 is 11.6 Å². The minimum absolute atomic E-state index is 0.0300. The van der Waals surface area contributed by atoms with Gasteiger partial charge in [-0.05, 0) is 43.8 Å². The topological polar surface area (TPSA) is 71.7 Å². The molecule has 5 rings (SSSR count). The van der Waals surface area contributed by atoms with Gasteiger partial charge in [0.2, 0.25) is 11.8 Å². The molecule has 0 N–H and O–H groups in total. The van der Waals surface area contributed by atoms with Crippen molar-refractivity contribution < 1.29 is 13.9 Å². The molecule has 1 spiro atoms.